The molecule has 14 nitrogen and oxygen atoms in total. The number of rotatable bonds is 25. The Balaban J connectivity index is 0.000000291. The molecule has 30 heteroatoms. The maximum absolute atomic E-state index is 16.7. The second-order valence-electron chi connectivity index (χ2n) is 27.4. The first-order valence-corrected chi connectivity index (χ1v) is 33.7. The van der Waals surface area contributed by atoms with Crippen molar-refractivity contribution in [2.24, 2.45) is 11.8 Å². The quantitative estimate of drug-likeness (QED) is 0.0370. The van der Waals surface area contributed by atoms with Gasteiger partial charge in [0.2, 0.25) is 11.8 Å². The molecular weight excluding hydrogens is 1400 g/mol. The van der Waals surface area contributed by atoms with Crippen LogP contribution >= 0.6 is 0 Å². The van der Waals surface area contributed by atoms with E-state index in [0.717, 1.165) is 70.8 Å². The van der Waals surface area contributed by atoms with Crippen LogP contribution in [0.4, 0.5) is 70.2 Å². The number of alkyl halides is 12. The van der Waals surface area contributed by atoms with E-state index in [9.17, 15) is 86.6 Å². The molecule has 0 spiro atoms. The van der Waals surface area contributed by atoms with E-state index in [-0.39, 0.29) is 124 Å². The van der Waals surface area contributed by atoms with Gasteiger partial charge in [-0.05, 0) is 217 Å². The lowest BCUT2D eigenvalue weighted by atomic mass is 9.88. The molecule has 3 N–H and O–H groups in total. The molecule has 2 amide bonds. The monoisotopic (exact) mass is 1490 g/mol. The number of nitrogens with zero attached hydrogens (tertiary/aromatic N) is 4. The first kappa shape index (κ1) is 82.7. The van der Waals surface area contributed by atoms with Crippen LogP contribution in [0.15, 0.2) is 70.5 Å². The van der Waals surface area contributed by atoms with E-state index in [2.05, 4.69) is 10.6 Å². The van der Waals surface area contributed by atoms with Crippen LogP contribution in [-0.2, 0) is 61.5 Å². The van der Waals surface area contributed by atoms with Crippen molar-refractivity contribution in [3.05, 3.63) is 183 Å². The predicted molar refractivity (Wildman–Crippen MR) is 355 cm³/mol. The number of aliphatic carboxylic acids is 1. The summed E-state index contributed by atoms with van der Waals surface area (Å²) in [5.41, 5.74) is -9.49. The maximum atomic E-state index is 16.7. The number of pyridine rings is 2. The minimum absolute atomic E-state index is 0.000548. The molecule has 2 saturated heterocycles. The molecule has 4 atom stereocenters. The van der Waals surface area contributed by atoms with Crippen molar-refractivity contribution >= 4 is 23.8 Å². The third-order valence-electron chi connectivity index (χ3n) is 18.4. The van der Waals surface area contributed by atoms with Gasteiger partial charge in [0.1, 0.15) is 35.4 Å². The van der Waals surface area contributed by atoms with E-state index in [1.54, 1.807) is 27.7 Å². The number of hydrogen-bond donors (Lipinski definition) is 3. The third kappa shape index (κ3) is 19.9. The number of carboxylic acid groups (broad SMARTS) is 1. The van der Waals surface area contributed by atoms with Crippen molar-refractivity contribution in [2.45, 2.75) is 176 Å². The highest BCUT2D eigenvalue weighted by Gasteiger charge is 2.41. The number of carbonyl (C=O) groups excluding carboxylic acids is 3. The van der Waals surface area contributed by atoms with Crippen molar-refractivity contribution in [3.8, 4) is 22.3 Å². The molecule has 0 aliphatic carbocycles. The van der Waals surface area contributed by atoms with Gasteiger partial charge in [0.25, 0.3) is 11.1 Å². The van der Waals surface area contributed by atoms with Crippen LogP contribution in [0.3, 0.4) is 0 Å². The van der Waals surface area contributed by atoms with E-state index in [4.69, 9.17) is 4.74 Å². The highest BCUT2D eigenvalue weighted by Crippen LogP contribution is 2.43. The number of carbonyl (C=O) groups is 4. The highest BCUT2D eigenvalue weighted by molar-refractivity contribution is 5.84. The zero-order chi connectivity index (χ0) is 77.7. The molecule has 4 aromatic carbocycles. The van der Waals surface area contributed by atoms with Gasteiger partial charge < -0.3 is 39.4 Å². The van der Waals surface area contributed by atoms with Crippen LogP contribution < -0.4 is 21.8 Å². The number of aromatic nitrogens is 2. The van der Waals surface area contributed by atoms with E-state index in [1.807, 2.05) is 9.80 Å². The van der Waals surface area contributed by atoms with E-state index >= 15 is 17.6 Å². The van der Waals surface area contributed by atoms with Gasteiger partial charge in [-0.25, -0.2) is 17.6 Å². The average molecular weight is 1490 g/mol. The molecule has 4 heterocycles. The Kier molecular flexibility index (Phi) is 26.5. The summed E-state index contributed by atoms with van der Waals surface area (Å²) in [4.78, 5) is 83.3. The summed E-state index contributed by atoms with van der Waals surface area (Å²) in [6.07, 6.45) is -17.5. The Bertz CT molecular complexity index is 4260. The number of likely N-dealkylation sites (tertiary alicyclic amines) is 2. The van der Waals surface area contributed by atoms with Crippen LogP contribution in [0.2, 0.25) is 0 Å². The largest absolute Gasteiger partial charge is 0.481 e. The Labute approximate surface area is 589 Å². The number of halogens is 16. The van der Waals surface area contributed by atoms with E-state index < -0.39 is 153 Å². The van der Waals surface area contributed by atoms with Gasteiger partial charge in [-0.15, -0.1) is 0 Å². The number of benzene rings is 4. The third-order valence-corrected chi connectivity index (χ3v) is 18.4. The molecule has 0 saturated carbocycles. The summed E-state index contributed by atoms with van der Waals surface area (Å²) in [7, 11) is 0. The van der Waals surface area contributed by atoms with E-state index in [0.29, 0.717) is 38.3 Å². The molecule has 2 aromatic heterocycles. The summed E-state index contributed by atoms with van der Waals surface area (Å²) in [5.74, 6) is -10.2. The zero-order valence-corrected chi connectivity index (χ0v) is 59.0. The Morgan fingerprint density at radius 1 is 0.490 bits per heavy atom. The van der Waals surface area contributed by atoms with Crippen LogP contribution in [0.5, 0.6) is 0 Å². The summed E-state index contributed by atoms with van der Waals surface area (Å²) in [6, 6.07) is -0.352. The maximum Gasteiger partial charge on any atom is 0.416 e. The fraction of sp³-hybridized carbons (Fsp3) is 0.486. The average Bonchev–Trinajstić information content (AvgIpc) is 0.759. The lowest BCUT2D eigenvalue weighted by Gasteiger charge is -2.31. The fourth-order valence-corrected chi connectivity index (χ4v) is 13.2. The number of ether oxygens (including phenoxy) is 1. The fourth-order valence-electron chi connectivity index (χ4n) is 13.2. The number of esters is 1. The smallest absolute Gasteiger partial charge is 0.416 e. The minimum Gasteiger partial charge on any atom is -0.481 e. The Morgan fingerprint density at radius 2 is 0.827 bits per heavy atom. The van der Waals surface area contributed by atoms with Gasteiger partial charge in [-0.2, -0.15) is 52.7 Å². The Hall–Kier alpha value is -8.54. The van der Waals surface area contributed by atoms with Gasteiger partial charge in [0.05, 0.1) is 53.8 Å². The van der Waals surface area contributed by atoms with Crippen LogP contribution in [0, 0.1) is 76.6 Å². The number of aryl methyl sites for hydroxylation is 6. The van der Waals surface area contributed by atoms with Gasteiger partial charge in [-0.1, -0.05) is 27.7 Å². The SMILES string of the molecule is CCOC(=O)C[C@H](NC(=O)C(CC(C)C)n1cc(CCN2CCC2)c(C(F)(F)F)cc1=O)c1c(F)c(C)cc(-c2c(C)cc(C(F)(F)F)cc2C)c1F.Cc1cc(-c2c(C)cc(C(F)(F)F)cc2C)c(F)c([C@H](CC(=O)O)NC(=O)C(CC(C)C)n2cc(CCN3CCC3)c(C(F)(F)F)cc2=O)c1F. The van der Waals surface area contributed by atoms with Crippen molar-refractivity contribution in [1.82, 2.24) is 29.6 Å². The molecular formula is C74H82F16N6O8. The van der Waals surface area contributed by atoms with E-state index in [1.165, 1.54) is 48.5 Å². The number of carboxylic acids is 1. The first-order chi connectivity index (χ1) is 48.2. The molecule has 8 rings (SSSR count). The molecule has 2 fully saturated rings. The summed E-state index contributed by atoms with van der Waals surface area (Å²) >= 11 is 0. The topological polar surface area (TPSA) is 172 Å². The lowest BCUT2D eigenvalue weighted by Crippen LogP contribution is -2.41. The predicted octanol–water partition coefficient (Wildman–Crippen LogP) is 16.3. The Morgan fingerprint density at radius 3 is 1.11 bits per heavy atom. The molecule has 2 aliphatic rings. The standard InChI is InChI=1S/C38H43F8N3O4.C36H39F8N3O4/c1-7-53-31(51)18-28(33-34(39)23(6)16-26(35(33)40)32-21(4)14-25(15-22(32)5)37(41,42)43)47-36(52)29(13-20(2)3)49-19-24(9-12-48-10-8-11-48)27(17-30(49)50)38(44,45)46;1-18(2)11-27(47-17-22(7-10-46-8-6-9-46)25(15-28(47)48)36(42,43)44)34(51)45-26(16-29(49)50)31-32(37)21(5)14-24(33(31)38)30-19(3)12-23(13-20(30)4)35(39,40)41/h14-17,19-20,28-29H,7-13,18H2,1-6H3,(H,47,52);12-15,17-18,26-27H,6-11,16H2,1-5H3,(H,45,51)(H,49,50)/t28-,29?;26-,27?/m00/s1. The normalized spacial score (nSPS) is 15.0. The van der Waals surface area contributed by atoms with Crippen LogP contribution in [0.1, 0.15) is 175 Å². The van der Waals surface area contributed by atoms with Crippen molar-refractivity contribution in [3.63, 3.8) is 0 Å². The highest BCUT2D eigenvalue weighted by atomic mass is 19.4. The van der Waals surface area contributed by atoms with Gasteiger partial charge in [-0.3, -0.25) is 28.8 Å². The first-order valence-electron chi connectivity index (χ1n) is 33.7. The summed E-state index contributed by atoms with van der Waals surface area (Å²) in [5, 5.41) is 14.5. The van der Waals surface area contributed by atoms with Crippen molar-refractivity contribution in [2.75, 3.05) is 45.9 Å². The molecule has 104 heavy (non-hydrogen) atoms. The molecule has 2 unspecified atom stereocenters. The molecule has 6 aromatic rings. The summed E-state index contributed by atoms with van der Waals surface area (Å²) in [6.45, 7) is 19.3. The second kappa shape index (κ2) is 33.3. The molecule has 0 radical (unpaired) electrons. The van der Waals surface area contributed by atoms with Crippen LogP contribution in [-0.4, -0.2) is 93.7 Å². The van der Waals surface area contributed by atoms with Crippen LogP contribution in [0.25, 0.3) is 22.3 Å². The van der Waals surface area contributed by atoms with Gasteiger partial charge in [0, 0.05) is 59.9 Å². The number of amides is 2. The molecule has 2 aliphatic heterocycles. The molecule has 0 bridgehead atoms. The second-order valence-corrected chi connectivity index (χ2v) is 27.4. The summed E-state index contributed by atoms with van der Waals surface area (Å²) < 4.78 is 237. The van der Waals surface area contributed by atoms with Crippen molar-refractivity contribution < 1.29 is 99.3 Å². The van der Waals surface area contributed by atoms with Gasteiger partial charge in [0.15, 0.2) is 0 Å². The van der Waals surface area contributed by atoms with Gasteiger partial charge >= 0.3 is 36.6 Å². The number of hydrogen-bond acceptors (Lipinski definition) is 9. The lowest BCUT2D eigenvalue weighted by molar-refractivity contribution is -0.144. The molecule has 568 valence electrons. The number of nitrogens with one attached hydrogen (secondary N) is 2. The van der Waals surface area contributed by atoms with Crippen molar-refractivity contribution in [1.29, 1.82) is 0 Å². The zero-order valence-electron chi connectivity index (χ0n) is 59.0. The minimum atomic E-state index is -4.87.